The van der Waals surface area contributed by atoms with Crippen molar-refractivity contribution in [2.75, 3.05) is 27.3 Å². The molecule has 0 aromatic heterocycles. The zero-order chi connectivity index (χ0) is 23.3. The van der Waals surface area contributed by atoms with Crippen LogP contribution in [0, 0.1) is 0 Å². The number of methoxy groups -OCH3 is 2. The lowest BCUT2D eigenvalue weighted by Crippen LogP contribution is -2.50. The van der Waals surface area contributed by atoms with Gasteiger partial charge in [0.2, 0.25) is 11.8 Å². The molecule has 0 bridgehead atoms. The molecule has 2 aromatic carbocycles. The molecule has 0 aliphatic heterocycles. The molecule has 1 unspecified atom stereocenters. The summed E-state index contributed by atoms with van der Waals surface area (Å²) in [5.41, 5.74) is 2.14. The Morgan fingerprint density at radius 2 is 1.66 bits per heavy atom. The average molecular weight is 441 g/mol. The van der Waals surface area contributed by atoms with E-state index in [1.807, 2.05) is 62.4 Å². The molecule has 1 N–H and O–H groups in total. The zero-order valence-corrected chi connectivity index (χ0v) is 19.7. The van der Waals surface area contributed by atoms with Crippen LogP contribution in [0.15, 0.2) is 48.5 Å². The molecule has 0 spiro atoms. The summed E-state index contributed by atoms with van der Waals surface area (Å²) in [5, 5.41) is 2.96. The largest absolute Gasteiger partial charge is 0.493 e. The lowest BCUT2D eigenvalue weighted by atomic mass is 10.1. The molecular weight excluding hydrogens is 404 g/mol. The van der Waals surface area contributed by atoms with Crippen LogP contribution in [0.4, 0.5) is 0 Å². The molecule has 0 heterocycles. The number of hydrogen-bond acceptors (Lipinski definition) is 4. The van der Waals surface area contributed by atoms with Gasteiger partial charge in [-0.15, -0.1) is 0 Å². The molecule has 0 aliphatic carbocycles. The molecule has 2 rings (SSSR count). The molecule has 2 aromatic rings. The Bertz CT molecular complexity index is 854. The highest BCUT2D eigenvalue weighted by molar-refractivity contribution is 5.87. The minimum Gasteiger partial charge on any atom is -0.493 e. The van der Waals surface area contributed by atoms with Crippen molar-refractivity contribution in [3.63, 3.8) is 0 Å². The average Bonchev–Trinajstić information content (AvgIpc) is 2.83. The number of aryl methyl sites for hydroxylation is 1. The molecule has 6 nitrogen and oxygen atoms in total. The Morgan fingerprint density at radius 1 is 0.938 bits per heavy atom. The number of amides is 2. The minimum atomic E-state index is -0.469. The van der Waals surface area contributed by atoms with Gasteiger partial charge in [-0.1, -0.05) is 50.2 Å². The van der Waals surface area contributed by atoms with Crippen LogP contribution in [-0.2, 0) is 22.4 Å². The first-order chi connectivity index (χ1) is 15.5. The highest BCUT2D eigenvalue weighted by Gasteiger charge is 2.27. The van der Waals surface area contributed by atoms with Gasteiger partial charge in [-0.3, -0.25) is 9.59 Å². The molecule has 0 radical (unpaired) electrons. The Labute approximate surface area is 191 Å². The maximum Gasteiger partial charge on any atom is 0.242 e. The predicted octanol–water partition coefficient (Wildman–Crippen LogP) is 4.01. The van der Waals surface area contributed by atoms with Gasteiger partial charge in [-0.2, -0.15) is 0 Å². The lowest BCUT2D eigenvalue weighted by Gasteiger charge is -2.30. The van der Waals surface area contributed by atoms with Gasteiger partial charge in [0.05, 0.1) is 14.2 Å². The summed E-state index contributed by atoms with van der Waals surface area (Å²) >= 11 is 0. The van der Waals surface area contributed by atoms with E-state index in [0.29, 0.717) is 50.3 Å². The summed E-state index contributed by atoms with van der Waals surface area (Å²) in [4.78, 5) is 27.8. The number of hydrogen-bond donors (Lipinski definition) is 1. The molecular formula is C26H36N2O4. The number of nitrogens with one attached hydrogen (secondary N) is 1. The number of carbonyl (C=O) groups is 2. The zero-order valence-electron chi connectivity index (χ0n) is 19.7. The van der Waals surface area contributed by atoms with Crippen molar-refractivity contribution in [2.24, 2.45) is 0 Å². The van der Waals surface area contributed by atoms with Crippen LogP contribution in [0.2, 0.25) is 0 Å². The van der Waals surface area contributed by atoms with E-state index in [4.69, 9.17) is 9.47 Å². The highest BCUT2D eigenvalue weighted by Crippen LogP contribution is 2.28. The summed E-state index contributed by atoms with van der Waals surface area (Å²) in [6.07, 6.45) is 3.03. The van der Waals surface area contributed by atoms with Crippen LogP contribution in [0.1, 0.15) is 44.2 Å². The monoisotopic (exact) mass is 440 g/mol. The molecule has 32 heavy (non-hydrogen) atoms. The fraction of sp³-hybridized carbons (Fsp3) is 0.462. The first-order valence-corrected chi connectivity index (χ1v) is 11.4. The number of ether oxygens (including phenoxy) is 2. The minimum absolute atomic E-state index is 0.0192. The lowest BCUT2D eigenvalue weighted by molar-refractivity contribution is -0.140. The van der Waals surface area contributed by atoms with Crippen molar-refractivity contribution in [2.45, 2.75) is 52.0 Å². The Kier molecular flexibility index (Phi) is 10.6. The molecule has 0 saturated heterocycles. The molecule has 0 saturated carbocycles. The number of carbonyl (C=O) groups excluding carboxylic acids is 2. The SMILES string of the molecule is CCCNC(=O)C(CC)N(CCc1ccccc1)C(=O)CCc1ccc(OC)c(OC)c1. The van der Waals surface area contributed by atoms with Crippen molar-refractivity contribution in [3.8, 4) is 11.5 Å². The van der Waals surface area contributed by atoms with E-state index >= 15 is 0 Å². The van der Waals surface area contributed by atoms with Gasteiger partial charge in [0, 0.05) is 19.5 Å². The van der Waals surface area contributed by atoms with Crippen LogP contribution in [0.25, 0.3) is 0 Å². The third-order valence-corrected chi connectivity index (χ3v) is 5.49. The topological polar surface area (TPSA) is 67.9 Å². The Morgan fingerprint density at radius 3 is 2.28 bits per heavy atom. The fourth-order valence-corrected chi connectivity index (χ4v) is 3.69. The normalized spacial score (nSPS) is 11.5. The second-order valence-electron chi connectivity index (χ2n) is 7.73. The number of nitrogens with zero attached hydrogens (tertiary/aromatic N) is 1. The molecule has 0 aliphatic rings. The first-order valence-electron chi connectivity index (χ1n) is 11.4. The van der Waals surface area contributed by atoms with E-state index < -0.39 is 6.04 Å². The van der Waals surface area contributed by atoms with E-state index in [0.717, 1.165) is 17.5 Å². The molecule has 0 fully saturated rings. The van der Waals surface area contributed by atoms with E-state index in [1.165, 1.54) is 0 Å². The second-order valence-corrected chi connectivity index (χ2v) is 7.73. The van der Waals surface area contributed by atoms with E-state index in [1.54, 1.807) is 19.1 Å². The molecule has 2 amide bonds. The van der Waals surface area contributed by atoms with Crippen LogP contribution in [0.5, 0.6) is 11.5 Å². The number of rotatable bonds is 13. The van der Waals surface area contributed by atoms with Crippen LogP contribution >= 0.6 is 0 Å². The summed E-state index contributed by atoms with van der Waals surface area (Å²) in [7, 11) is 3.19. The van der Waals surface area contributed by atoms with Gasteiger partial charge in [0.1, 0.15) is 6.04 Å². The van der Waals surface area contributed by atoms with E-state index in [-0.39, 0.29) is 11.8 Å². The fourth-order valence-electron chi connectivity index (χ4n) is 3.69. The van der Waals surface area contributed by atoms with Gasteiger partial charge >= 0.3 is 0 Å². The van der Waals surface area contributed by atoms with Gasteiger partial charge in [-0.05, 0) is 48.9 Å². The van der Waals surface area contributed by atoms with Gasteiger partial charge in [0.25, 0.3) is 0 Å². The van der Waals surface area contributed by atoms with Crippen molar-refractivity contribution < 1.29 is 19.1 Å². The third-order valence-electron chi connectivity index (χ3n) is 5.49. The van der Waals surface area contributed by atoms with Crippen molar-refractivity contribution in [1.82, 2.24) is 10.2 Å². The Hall–Kier alpha value is -3.02. The van der Waals surface area contributed by atoms with Crippen molar-refractivity contribution >= 4 is 11.8 Å². The highest BCUT2D eigenvalue weighted by atomic mass is 16.5. The standard InChI is InChI=1S/C26H36N2O4/c1-5-17-27-26(30)22(6-2)28(18-16-20-10-8-7-9-11-20)25(29)15-13-21-12-14-23(31-3)24(19-21)32-4/h7-12,14,19,22H,5-6,13,15-18H2,1-4H3,(H,27,30). The maximum absolute atomic E-state index is 13.3. The molecule has 6 heteroatoms. The smallest absolute Gasteiger partial charge is 0.242 e. The maximum atomic E-state index is 13.3. The quantitative estimate of drug-likeness (QED) is 0.511. The van der Waals surface area contributed by atoms with Gasteiger partial charge in [0.15, 0.2) is 11.5 Å². The van der Waals surface area contributed by atoms with Gasteiger partial charge < -0.3 is 19.7 Å². The second kappa shape index (κ2) is 13.4. The van der Waals surface area contributed by atoms with Crippen LogP contribution < -0.4 is 14.8 Å². The van der Waals surface area contributed by atoms with E-state index in [9.17, 15) is 9.59 Å². The number of benzene rings is 2. The summed E-state index contributed by atoms with van der Waals surface area (Å²) in [5.74, 6) is 1.20. The van der Waals surface area contributed by atoms with Crippen molar-refractivity contribution in [3.05, 3.63) is 59.7 Å². The molecule has 174 valence electrons. The third kappa shape index (κ3) is 7.29. The Balaban J connectivity index is 2.13. The van der Waals surface area contributed by atoms with Crippen LogP contribution in [-0.4, -0.2) is 50.1 Å². The van der Waals surface area contributed by atoms with Crippen LogP contribution in [0.3, 0.4) is 0 Å². The summed E-state index contributed by atoms with van der Waals surface area (Å²) in [6, 6.07) is 15.3. The summed E-state index contributed by atoms with van der Waals surface area (Å²) < 4.78 is 10.7. The van der Waals surface area contributed by atoms with E-state index in [2.05, 4.69) is 5.32 Å². The first kappa shape index (κ1) is 25.2. The predicted molar refractivity (Wildman–Crippen MR) is 127 cm³/mol. The molecule has 1 atom stereocenters. The van der Waals surface area contributed by atoms with Crippen molar-refractivity contribution in [1.29, 1.82) is 0 Å². The van der Waals surface area contributed by atoms with Gasteiger partial charge in [-0.25, -0.2) is 0 Å². The summed E-state index contributed by atoms with van der Waals surface area (Å²) in [6.45, 7) is 5.09.